The largest absolute Gasteiger partial charge is 0.480 e. The second-order valence-electron chi connectivity index (χ2n) is 7.66. The summed E-state index contributed by atoms with van der Waals surface area (Å²) in [6.45, 7) is 0.936. The van der Waals surface area contributed by atoms with Crippen molar-refractivity contribution in [1.29, 1.82) is 0 Å². The first-order valence-electron chi connectivity index (χ1n) is 11.1. The molecule has 10 N–H and O–H groups in total. The molecule has 3 amide bonds. The van der Waals surface area contributed by atoms with Gasteiger partial charge in [0.25, 0.3) is 0 Å². The molecule has 0 aromatic rings. The Morgan fingerprint density at radius 1 is 0.818 bits per heavy atom. The molecule has 0 aromatic heterocycles. The topological polar surface area (TPSA) is 203 Å². The number of hydrogen-bond acceptors (Lipinski definition) is 9. The van der Waals surface area contributed by atoms with Crippen molar-refractivity contribution in [1.82, 2.24) is 16.0 Å². The van der Waals surface area contributed by atoms with Gasteiger partial charge in [0, 0.05) is 5.75 Å². The van der Waals surface area contributed by atoms with E-state index >= 15 is 0 Å². The van der Waals surface area contributed by atoms with E-state index in [0.29, 0.717) is 50.9 Å². The molecule has 33 heavy (non-hydrogen) atoms. The molecule has 0 rings (SSSR count). The van der Waals surface area contributed by atoms with E-state index in [1.54, 1.807) is 0 Å². The van der Waals surface area contributed by atoms with Crippen molar-refractivity contribution in [3.05, 3.63) is 0 Å². The quantitative estimate of drug-likeness (QED) is 0.0778. The van der Waals surface area contributed by atoms with Gasteiger partial charge in [0.15, 0.2) is 0 Å². The van der Waals surface area contributed by atoms with E-state index < -0.39 is 47.9 Å². The zero-order chi connectivity index (χ0) is 25.2. The third kappa shape index (κ3) is 13.7. The van der Waals surface area contributed by atoms with E-state index in [0.717, 1.165) is 6.42 Å². The van der Waals surface area contributed by atoms with Gasteiger partial charge in [-0.3, -0.25) is 14.4 Å². The van der Waals surface area contributed by atoms with Gasteiger partial charge < -0.3 is 38.3 Å². The first kappa shape index (κ1) is 31.5. The van der Waals surface area contributed by atoms with Crippen molar-refractivity contribution in [3.8, 4) is 0 Å². The Labute approximate surface area is 205 Å². The molecule has 0 spiro atoms. The summed E-state index contributed by atoms with van der Waals surface area (Å²) in [6, 6.07) is -3.82. The number of carbonyl (C=O) groups is 4. The SMILES string of the molecule is CSCCC(NC(=O)C(N)CCCCN)C(=O)NC(CS)C(=O)NC(CCCCN)C(=O)O. The monoisotopic (exact) mass is 508 g/mol. The number of hydrogen-bond donors (Lipinski definition) is 8. The maximum absolute atomic E-state index is 12.8. The lowest BCUT2D eigenvalue weighted by molar-refractivity contribution is -0.142. The molecule has 0 saturated carbocycles. The molecular weight excluding hydrogens is 468 g/mol. The van der Waals surface area contributed by atoms with Gasteiger partial charge in [0.1, 0.15) is 18.1 Å². The molecule has 0 aliphatic rings. The average Bonchev–Trinajstić information content (AvgIpc) is 2.78. The van der Waals surface area contributed by atoms with Gasteiger partial charge in [-0.2, -0.15) is 24.4 Å². The Kier molecular flexibility index (Phi) is 18.0. The lowest BCUT2D eigenvalue weighted by Crippen LogP contribution is -2.57. The summed E-state index contributed by atoms with van der Waals surface area (Å²) in [5.74, 6) is -2.29. The van der Waals surface area contributed by atoms with Crippen molar-refractivity contribution >= 4 is 48.1 Å². The molecule has 11 nitrogen and oxygen atoms in total. The van der Waals surface area contributed by atoms with Gasteiger partial charge in [0.2, 0.25) is 17.7 Å². The number of carboxylic acid groups (broad SMARTS) is 1. The highest BCUT2D eigenvalue weighted by molar-refractivity contribution is 7.98. The lowest BCUT2D eigenvalue weighted by atomic mass is 10.1. The number of unbranched alkanes of at least 4 members (excludes halogenated alkanes) is 2. The molecule has 0 fully saturated rings. The Hall–Kier alpha value is -1.54. The smallest absolute Gasteiger partial charge is 0.326 e. The Morgan fingerprint density at radius 3 is 1.85 bits per heavy atom. The fraction of sp³-hybridized carbons (Fsp3) is 0.800. The molecule has 0 aliphatic heterocycles. The number of carbonyl (C=O) groups excluding carboxylic acids is 3. The molecule has 0 aromatic carbocycles. The van der Waals surface area contributed by atoms with Crippen molar-refractivity contribution < 1.29 is 24.3 Å². The van der Waals surface area contributed by atoms with Crippen LogP contribution in [-0.4, -0.2) is 83.8 Å². The summed E-state index contributed by atoms with van der Waals surface area (Å²) in [6.07, 6.45) is 5.51. The molecule has 0 saturated heterocycles. The molecular formula is C20H40N6O5S2. The van der Waals surface area contributed by atoms with E-state index in [4.69, 9.17) is 17.2 Å². The molecule has 0 radical (unpaired) electrons. The zero-order valence-corrected chi connectivity index (χ0v) is 21.0. The Bertz CT molecular complexity index is 613. The van der Waals surface area contributed by atoms with Crippen LogP contribution >= 0.6 is 24.4 Å². The van der Waals surface area contributed by atoms with Gasteiger partial charge in [0.05, 0.1) is 6.04 Å². The number of aliphatic carboxylic acids is 1. The van der Waals surface area contributed by atoms with Gasteiger partial charge in [-0.05, 0) is 63.6 Å². The fourth-order valence-electron chi connectivity index (χ4n) is 2.91. The minimum absolute atomic E-state index is 0.0471. The standard InChI is InChI=1S/C20H40N6O5S2/c1-33-11-8-14(24-17(27)13(23)6-2-4-9-21)18(28)26-16(12-32)19(29)25-15(20(30)31)7-3-5-10-22/h13-16,32H,2-12,21-23H2,1H3,(H,24,27)(H,25,29)(H,26,28)(H,30,31). The van der Waals surface area contributed by atoms with Gasteiger partial charge in [-0.25, -0.2) is 4.79 Å². The molecule has 4 atom stereocenters. The van der Waals surface area contributed by atoms with Crippen molar-refractivity contribution in [2.24, 2.45) is 17.2 Å². The van der Waals surface area contributed by atoms with Crippen LogP contribution in [0, 0.1) is 0 Å². The number of nitrogens with one attached hydrogen (secondary N) is 3. The van der Waals surface area contributed by atoms with Crippen molar-refractivity contribution in [2.45, 2.75) is 69.1 Å². The van der Waals surface area contributed by atoms with E-state index in [1.807, 2.05) is 6.26 Å². The number of thiol groups is 1. The first-order chi connectivity index (χ1) is 15.7. The summed E-state index contributed by atoms with van der Waals surface area (Å²) in [7, 11) is 0. The van der Waals surface area contributed by atoms with Crippen LogP contribution in [-0.2, 0) is 19.2 Å². The molecule has 4 unspecified atom stereocenters. The first-order valence-corrected chi connectivity index (χ1v) is 13.1. The van der Waals surface area contributed by atoms with Gasteiger partial charge >= 0.3 is 5.97 Å². The molecule has 192 valence electrons. The van der Waals surface area contributed by atoms with E-state index in [-0.39, 0.29) is 12.2 Å². The second kappa shape index (κ2) is 18.8. The summed E-state index contributed by atoms with van der Waals surface area (Å²) in [4.78, 5) is 49.3. The van der Waals surface area contributed by atoms with Crippen LogP contribution in [0.5, 0.6) is 0 Å². The Balaban J connectivity index is 5.07. The second-order valence-corrected chi connectivity index (χ2v) is 9.01. The van der Waals surface area contributed by atoms with Crippen LogP contribution in [0.2, 0.25) is 0 Å². The predicted octanol–water partition coefficient (Wildman–Crippen LogP) is -1.21. The fourth-order valence-corrected chi connectivity index (χ4v) is 3.64. The molecule has 0 aliphatic carbocycles. The number of thioether (sulfide) groups is 1. The number of amides is 3. The lowest BCUT2D eigenvalue weighted by Gasteiger charge is -2.24. The molecule has 0 bridgehead atoms. The van der Waals surface area contributed by atoms with Crippen LogP contribution in [0.25, 0.3) is 0 Å². The van der Waals surface area contributed by atoms with Crippen LogP contribution in [0.3, 0.4) is 0 Å². The number of nitrogens with two attached hydrogens (primary N) is 3. The highest BCUT2D eigenvalue weighted by Crippen LogP contribution is 2.06. The molecule has 13 heteroatoms. The van der Waals surface area contributed by atoms with Crippen LogP contribution < -0.4 is 33.2 Å². The van der Waals surface area contributed by atoms with E-state index in [1.165, 1.54) is 11.8 Å². The highest BCUT2D eigenvalue weighted by atomic mass is 32.2. The third-order valence-corrected chi connectivity index (χ3v) is 5.94. The van der Waals surface area contributed by atoms with Crippen molar-refractivity contribution in [3.63, 3.8) is 0 Å². The molecule has 0 heterocycles. The minimum Gasteiger partial charge on any atom is -0.480 e. The average molecular weight is 509 g/mol. The Morgan fingerprint density at radius 2 is 1.33 bits per heavy atom. The van der Waals surface area contributed by atoms with E-state index in [9.17, 15) is 24.3 Å². The van der Waals surface area contributed by atoms with Gasteiger partial charge in [-0.1, -0.05) is 6.42 Å². The number of rotatable bonds is 19. The van der Waals surface area contributed by atoms with Crippen LogP contribution in [0.15, 0.2) is 0 Å². The summed E-state index contributed by atoms with van der Waals surface area (Å²) in [5.41, 5.74) is 16.8. The minimum atomic E-state index is -1.17. The van der Waals surface area contributed by atoms with Crippen LogP contribution in [0.4, 0.5) is 0 Å². The maximum Gasteiger partial charge on any atom is 0.326 e. The highest BCUT2D eigenvalue weighted by Gasteiger charge is 2.29. The summed E-state index contributed by atoms with van der Waals surface area (Å²) >= 11 is 5.62. The summed E-state index contributed by atoms with van der Waals surface area (Å²) in [5, 5.41) is 17.0. The van der Waals surface area contributed by atoms with Gasteiger partial charge in [-0.15, -0.1) is 0 Å². The van der Waals surface area contributed by atoms with E-state index in [2.05, 4.69) is 28.6 Å². The summed E-state index contributed by atoms with van der Waals surface area (Å²) < 4.78 is 0. The van der Waals surface area contributed by atoms with Crippen molar-refractivity contribution in [2.75, 3.05) is 30.9 Å². The zero-order valence-electron chi connectivity index (χ0n) is 19.3. The maximum atomic E-state index is 12.8. The van der Waals surface area contributed by atoms with Crippen LogP contribution in [0.1, 0.15) is 44.9 Å². The predicted molar refractivity (Wildman–Crippen MR) is 134 cm³/mol. The number of carboxylic acids is 1. The normalized spacial score (nSPS) is 14.6. The third-order valence-electron chi connectivity index (χ3n) is 4.93.